The summed E-state index contributed by atoms with van der Waals surface area (Å²) in [5, 5.41) is 0. The molecule has 3 rings (SSSR count). The molecule has 0 aliphatic rings. The SMILES string of the molecule is Fc1ccc([SH](c2ccccc2)c2ccc(F)c(F)c2)cc1F. The molecule has 0 radical (unpaired) electrons. The van der Waals surface area contributed by atoms with Crippen LogP contribution < -0.4 is 0 Å². The summed E-state index contributed by atoms with van der Waals surface area (Å²) in [5.41, 5.74) is 0. The largest absolute Gasteiger partial charge is 0.204 e. The number of halogens is 4. The summed E-state index contributed by atoms with van der Waals surface area (Å²) in [6.45, 7) is 0. The Balaban J connectivity index is 2.17. The number of benzene rings is 3. The minimum Gasteiger partial charge on any atom is -0.204 e. The van der Waals surface area contributed by atoms with Crippen LogP contribution in [0.3, 0.4) is 0 Å². The second kappa shape index (κ2) is 6.46. The highest BCUT2D eigenvalue weighted by Crippen LogP contribution is 2.51. The van der Waals surface area contributed by atoms with Crippen molar-refractivity contribution in [1.29, 1.82) is 0 Å². The van der Waals surface area contributed by atoms with Crippen LogP contribution in [-0.2, 0) is 0 Å². The van der Waals surface area contributed by atoms with E-state index in [9.17, 15) is 17.6 Å². The van der Waals surface area contributed by atoms with Gasteiger partial charge in [-0.2, -0.15) is 10.9 Å². The smallest absolute Gasteiger partial charge is 0.159 e. The van der Waals surface area contributed by atoms with Crippen LogP contribution in [0.1, 0.15) is 0 Å². The average molecular weight is 336 g/mol. The summed E-state index contributed by atoms with van der Waals surface area (Å²) >= 11 is 0. The Morgan fingerprint density at radius 3 is 1.39 bits per heavy atom. The first kappa shape index (κ1) is 15.6. The highest BCUT2D eigenvalue weighted by atomic mass is 32.2. The van der Waals surface area contributed by atoms with E-state index in [0.717, 1.165) is 29.2 Å². The van der Waals surface area contributed by atoms with E-state index in [1.807, 2.05) is 30.3 Å². The molecule has 0 nitrogen and oxygen atoms in total. The number of hydrogen-bond acceptors (Lipinski definition) is 0. The van der Waals surface area contributed by atoms with Gasteiger partial charge in [0.05, 0.1) is 0 Å². The van der Waals surface area contributed by atoms with E-state index in [1.165, 1.54) is 12.1 Å². The van der Waals surface area contributed by atoms with Crippen LogP contribution in [0.4, 0.5) is 17.6 Å². The van der Waals surface area contributed by atoms with Gasteiger partial charge < -0.3 is 0 Å². The van der Waals surface area contributed by atoms with Crippen LogP contribution in [0.15, 0.2) is 81.4 Å². The zero-order chi connectivity index (χ0) is 16.4. The summed E-state index contributed by atoms with van der Waals surface area (Å²) in [7, 11) is -1.32. The molecule has 0 spiro atoms. The minimum atomic E-state index is -1.32. The lowest BCUT2D eigenvalue weighted by Gasteiger charge is -2.23. The van der Waals surface area contributed by atoms with E-state index in [-0.39, 0.29) is 0 Å². The summed E-state index contributed by atoms with van der Waals surface area (Å²) in [6.07, 6.45) is 0. The van der Waals surface area contributed by atoms with E-state index in [2.05, 4.69) is 0 Å². The molecule has 0 saturated heterocycles. The molecule has 23 heavy (non-hydrogen) atoms. The van der Waals surface area contributed by atoms with E-state index in [1.54, 1.807) is 0 Å². The molecule has 0 heterocycles. The third kappa shape index (κ3) is 3.24. The van der Waals surface area contributed by atoms with Gasteiger partial charge in [0.15, 0.2) is 23.3 Å². The Hall–Kier alpha value is -2.27. The van der Waals surface area contributed by atoms with Gasteiger partial charge in [-0.15, -0.1) is 0 Å². The molecule has 0 N–H and O–H groups in total. The monoisotopic (exact) mass is 336 g/mol. The second-order valence-corrected chi connectivity index (χ2v) is 7.09. The maximum absolute atomic E-state index is 13.6. The molecular formula is C18H12F4S. The molecule has 0 bridgehead atoms. The molecular weight excluding hydrogens is 324 g/mol. The molecule has 0 aliphatic carbocycles. The maximum atomic E-state index is 13.6. The van der Waals surface area contributed by atoms with Crippen molar-refractivity contribution in [2.75, 3.05) is 0 Å². The lowest BCUT2D eigenvalue weighted by Crippen LogP contribution is -1.93. The van der Waals surface area contributed by atoms with Gasteiger partial charge in [0.2, 0.25) is 0 Å². The third-order valence-electron chi connectivity index (χ3n) is 3.34. The van der Waals surface area contributed by atoms with Gasteiger partial charge in [0, 0.05) is 0 Å². The van der Waals surface area contributed by atoms with Gasteiger partial charge in [-0.25, -0.2) is 17.6 Å². The summed E-state index contributed by atoms with van der Waals surface area (Å²) in [5.74, 6) is -3.81. The molecule has 3 aromatic rings. The molecule has 3 aromatic carbocycles. The zero-order valence-corrected chi connectivity index (χ0v) is 12.7. The fraction of sp³-hybridized carbons (Fsp3) is 0. The highest BCUT2D eigenvalue weighted by molar-refractivity contribution is 8.17. The van der Waals surface area contributed by atoms with Crippen LogP contribution >= 0.6 is 10.9 Å². The number of rotatable bonds is 3. The van der Waals surface area contributed by atoms with E-state index >= 15 is 0 Å². The Kier molecular flexibility index (Phi) is 4.39. The molecule has 118 valence electrons. The standard InChI is InChI=1S/C18H12F4S/c19-15-8-6-13(10-17(15)21)23(12-4-2-1-3-5-12)14-7-9-16(20)18(22)11-14/h1-11,23H. The predicted octanol–water partition coefficient (Wildman–Crippen LogP) is 5.72. The van der Waals surface area contributed by atoms with Crippen molar-refractivity contribution in [3.63, 3.8) is 0 Å². The van der Waals surface area contributed by atoms with Crippen molar-refractivity contribution in [2.24, 2.45) is 0 Å². The quantitative estimate of drug-likeness (QED) is 0.459. The van der Waals surface area contributed by atoms with Gasteiger partial charge in [0.1, 0.15) is 0 Å². The normalized spacial score (nSPS) is 11.4. The molecule has 5 heteroatoms. The Labute approximate surface area is 133 Å². The Bertz CT molecular complexity index is 782. The highest BCUT2D eigenvalue weighted by Gasteiger charge is 2.16. The molecule has 0 unspecified atom stereocenters. The molecule has 0 fully saturated rings. The lowest BCUT2D eigenvalue weighted by atomic mass is 10.3. The van der Waals surface area contributed by atoms with E-state index < -0.39 is 34.2 Å². The second-order valence-electron chi connectivity index (χ2n) is 4.87. The predicted molar refractivity (Wildman–Crippen MR) is 82.9 cm³/mol. The van der Waals surface area contributed by atoms with Gasteiger partial charge in [-0.05, 0) is 63.2 Å². The van der Waals surface area contributed by atoms with Crippen molar-refractivity contribution in [3.8, 4) is 0 Å². The minimum absolute atomic E-state index is 0.524. The van der Waals surface area contributed by atoms with Crippen molar-refractivity contribution in [3.05, 3.63) is 90.0 Å². The lowest BCUT2D eigenvalue weighted by molar-refractivity contribution is 0.505. The van der Waals surface area contributed by atoms with Gasteiger partial charge in [-0.1, -0.05) is 18.2 Å². The van der Waals surface area contributed by atoms with Crippen molar-refractivity contribution in [2.45, 2.75) is 14.7 Å². The number of thiol groups is 1. The van der Waals surface area contributed by atoms with Crippen LogP contribution in [0.2, 0.25) is 0 Å². The summed E-state index contributed by atoms with van der Waals surface area (Å²) in [6, 6.07) is 16.3. The summed E-state index contributed by atoms with van der Waals surface area (Å²) in [4.78, 5) is 1.88. The Morgan fingerprint density at radius 1 is 0.478 bits per heavy atom. The Morgan fingerprint density at radius 2 is 0.957 bits per heavy atom. The average Bonchev–Trinajstić information content (AvgIpc) is 2.55. The van der Waals surface area contributed by atoms with Crippen LogP contribution in [0.5, 0.6) is 0 Å². The summed E-state index contributed by atoms with van der Waals surface area (Å²) < 4.78 is 53.6. The molecule has 0 aliphatic heterocycles. The first-order valence-corrected chi connectivity index (χ1v) is 8.16. The van der Waals surface area contributed by atoms with Crippen molar-refractivity contribution >= 4 is 10.9 Å². The number of hydrogen-bond donors (Lipinski definition) is 1. The van der Waals surface area contributed by atoms with Crippen LogP contribution in [0, 0.1) is 23.3 Å². The topological polar surface area (TPSA) is 0 Å². The van der Waals surface area contributed by atoms with Gasteiger partial charge in [0.25, 0.3) is 0 Å². The van der Waals surface area contributed by atoms with Crippen molar-refractivity contribution < 1.29 is 17.6 Å². The molecule has 0 atom stereocenters. The molecule has 0 saturated carbocycles. The van der Waals surface area contributed by atoms with Gasteiger partial charge in [-0.3, -0.25) is 0 Å². The fourth-order valence-corrected chi connectivity index (χ4v) is 4.57. The van der Waals surface area contributed by atoms with Crippen molar-refractivity contribution in [1.82, 2.24) is 0 Å². The van der Waals surface area contributed by atoms with E-state index in [4.69, 9.17) is 0 Å². The maximum Gasteiger partial charge on any atom is 0.159 e. The zero-order valence-electron chi connectivity index (χ0n) is 11.8. The molecule has 0 amide bonds. The first-order valence-electron chi connectivity index (χ1n) is 6.81. The van der Waals surface area contributed by atoms with Crippen LogP contribution in [-0.4, -0.2) is 0 Å². The fourth-order valence-electron chi connectivity index (χ4n) is 2.27. The third-order valence-corrected chi connectivity index (χ3v) is 5.74. The first-order chi connectivity index (χ1) is 11.1. The van der Waals surface area contributed by atoms with Gasteiger partial charge >= 0.3 is 0 Å². The molecule has 0 aromatic heterocycles. The van der Waals surface area contributed by atoms with E-state index in [0.29, 0.717) is 9.79 Å². The van der Waals surface area contributed by atoms with Crippen LogP contribution in [0.25, 0.3) is 0 Å².